The highest BCUT2D eigenvalue weighted by Gasteiger charge is 2.34. The molecular weight excluding hydrogens is 310 g/mol. The molecule has 6 heteroatoms. The number of hydrogen-bond donors (Lipinski definition) is 0. The maximum absolute atomic E-state index is 12.2. The fourth-order valence-corrected chi connectivity index (χ4v) is 2.56. The van der Waals surface area contributed by atoms with E-state index < -0.39 is 5.97 Å². The third-order valence-electron chi connectivity index (χ3n) is 3.74. The van der Waals surface area contributed by atoms with Gasteiger partial charge in [0, 0.05) is 0 Å². The van der Waals surface area contributed by atoms with Gasteiger partial charge < -0.3 is 9.47 Å². The second-order valence-corrected chi connectivity index (χ2v) is 5.14. The Hall–Kier alpha value is -3.15. The zero-order valence-corrected chi connectivity index (χ0v) is 13.0. The van der Waals surface area contributed by atoms with Gasteiger partial charge in [-0.1, -0.05) is 24.3 Å². The van der Waals surface area contributed by atoms with Gasteiger partial charge in [-0.25, -0.2) is 4.79 Å². The van der Waals surface area contributed by atoms with Crippen molar-refractivity contribution in [2.24, 2.45) is 0 Å². The number of ether oxygens (including phenoxy) is 2. The van der Waals surface area contributed by atoms with E-state index in [1.807, 2.05) is 0 Å². The van der Waals surface area contributed by atoms with E-state index in [9.17, 15) is 14.4 Å². The average molecular weight is 325 g/mol. The van der Waals surface area contributed by atoms with Crippen LogP contribution in [-0.2, 0) is 4.74 Å². The smallest absolute Gasteiger partial charge is 0.341 e. The summed E-state index contributed by atoms with van der Waals surface area (Å²) in [5, 5.41) is 0. The summed E-state index contributed by atoms with van der Waals surface area (Å²) < 4.78 is 10.3. The molecule has 0 spiro atoms. The molecule has 0 saturated carbocycles. The summed E-state index contributed by atoms with van der Waals surface area (Å²) in [4.78, 5) is 37.3. The van der Waals surface area contributed by atoms with Crippen LogP contribution in [0.2, 0.25) is 0 Å². The third-order valence-corrected chi connectivity index (χ3v) is 3.74. The van der Waals surface area contributed by atoms with E-state index in [0.717, 1.165) is 4.90 Å². The molecule has 0 unspecified atom stereocenters. The highest BCUT2D eigenvalue weighted by Crippen LogP contribution is 2.23. The Bertz CT molecular complexity index is 780. The fraction of sp³-hybridized carbons (Fsp3) is 0.167. The molecule has 1 aliphatic heterocycles. The number of esters is 1. The normalized spacial score (nSPS) is 13.0. The van der Waals surface area contributed by atoms with E-state index in [4.69, 9.17) is 9.47 Å². The number of nitrogens with zero attached hydrogens (tertiary/aromatic N) is 1. The van der Waals surface area contributed by atoms with Crippen molar-refractivity contribution in [2.75, 3.05) is 20.3 Å². The van der Waals surface area contributed by atoms with Crippen LogP contribution >= 0.6 is 0 Å². The Kier molecular flexibility index (Phi) is 4.29. The molecule has 3 rings (SSSR count). The first-order valence-electron chi connectivity index (χ1n) is 7.39. The number of benzene rings is 2. The number of amides is 2. The van der Waals surface area contributed by atoms with Gasteiger partial charge in [-0.2, -0.15) is 0 Å². The lowest BCUT2D eigenvalue weighted by molar-refractivity contribution is 0.0582. The molecule has 2 aromatic carbocycles. The summed E-state index contributed by atoms with van der Waals surface area (Å²) in [5.74, 6) is -0.826. The van der Waals surface area contributed by atoms with E-state index in [-0.39, 0.29) is 25.0 Å². The van der Waals surface area contributed by atoms with Crippen LogP contribution in [0.3, 0.4) is 0 Å². The Morgan fingerprint density at radius 2 is 1.54 bits per heavy atom. The average Bonchev–Trinajstić information content (AvgIpc) is 2.86. The number of methoxy groups -OCH3 is 1. The van der Waals surface area contributed by atoms with Gasteiger partial charge in [0.05, 0.1) is 24.8 Å². The first-order chi connectivity index (χ1) is 11.6. The number of fused-ring (bicyclic) bond motifs is 1. The van der Waals surface area contributed by atoms with Crippen molar-refractivity contribution in [3.05, 3.63) is 65.2 Å². The topological polar surface area (TPSA) is 72.9 Å². The molecule has 2 aromatic rings. The minimum Gasteiger partial charge on any atom is -0.491 e. The fourth-order valence-electron chi connectivity index (χ4n) is 2.56. The van der Waals surface area contributed by atoms with Crippen LogP contribution in [0.1, 0.15) is 31.1 Å². The van der Waals surface area contributed by atoms with E-state index in [0.29, 0.717) is 22.4 Å². The second kappa shape index (κ2) is 6.54. The summed E-state index contributed by atoms with van der Waals surface area (Å²) in [5.41, 5.74) is 1.09. The molecule has 6 nitrogen and oxygen atoms in total. The number of rotatable bonds is 5. The first-order valence-corrected chi connectivity index (χ1v) is 7.39. The van der Waals surface area contributed by atoms with Crippen LogP contribution in [0.15, 0.2) is 48.5 Å². The van der Waals surface area contributed by atoms with Crippen LogP contribution in [0, 0.1) is 0 Å². The van der Waals surface area contributed by atoms with Crippen LogP contribution < -0.4 is 4.74 Å². The molecule has 24 heavy (non-hydrogen) atoms. The van der Waals surface area contributed by atoms with E-state index in [1.165, 1.54) is 7.11 Å². The molecule has 122 valence electrons. The van der Waals surface area contributed by atoms with E-state index in [2.05, 4.69) is 0 Å². The third kappa shape index (κ3) is 2.74. The van der Waals surface area contributed by atoms with Crippen LogP contribution in [0.5, 0.6) is 5.75 Å². The summed E-state index contributed by atoms with van der Waals surface area (Å²) in [6.07, 6.45) is 0. The van der Waals surface area contributed by atoms with Crippen molar-refractivity contribution in [3.63, 3.8) is 0 Å². The largest absolute Gasteiger partial charge is 0.491 e. The molecule has 0 atom stereocenters. The zero-order valence-electron chi connectivity index (χ0n) is 13.0. The Balaban J connectivity index is 1.68. The van der Waals surface area contributed by atoms with Gasteiger partial charge in [0.2, 0.25) is 0 Å². The minimum atomic E-state index is -0.508. The van der Waals surface area contributed by atoms with Gasteiger partial charge in [0.15, 0.2) is 0 Å². The van der Waals surface area contributed by atoms with E-state index >= 15 is 0 Å². The quantitative estimate of drug-likeness (QED) is 0.622. The number of para-hydroxylation sites is 1. The van der Waals surface area contributed by atoms with Gasteiger partial charge >= 0.3 is 5.97 Å². The Morgan fingerprint density at radius 3 is 2.17 bits per heavy atom. The summed E-state index contributed by atoms with van der Waals surface area (Å²) >= 11 is 0. The first kappa shape index (κ1) is 15.7. The van der Waals surface area contributed by atoms with Crippen molar-refractivity contribution in [1.29, 1.82) is 0 Å². The Morgan fingerprint density at radius 1 is 0.958 bits per heavy atom. The molecule has 0 fully saturated rings. The molecule has 0 radical (unpaired) electrons. The predicted molar refractivity (Wildman–Crippen MR) is 85.1 cm³/mol. The summed E-state index contributed by atoms with van der Waals surface area (Å²) in [7, 11) is 1.29. The molecule has 2 amide bonds. The van der Waals surface area contributed by atoms with Crippen LogP contribution in [-0.4, -0.2) is 42.9 Å². The van der Waals surface area contributed by atoms with Crippen molar-refractivity contribution in [1.82, 2.24) is 4.90 Å². The molecule has 0 saturated heterocycles. The monoisotopic (exact) mass is 325 g/mol. The molecule has 0 N–H and O–H groups in total. The van der Waals surface area contributed by atoms with Crippen LogP contribution in [0.25, 0.3) is 0 Å². The lowest BCUT2D eigenvalue weighted by Gasteiger charge is -2.15. The predicted octanol–water partition coefficient (Wildman–Crippen LogP) is 2.15. The van der Waals surface area contributed by atoms with Crippen LogP contribution in [0.4, 0.5) is 0 Å². The number of imide groups is 1. The maximum Gasteiger partial charge on any atom is 0.341 e. The number of hydrogen-bond acceptors (Lipinski definition) is 5. The standard InChI is InChI=1S/C18H15NO5/c1-23-18(22)14-8-4-5-9-15(14)24-11-10-19-16(20)12-6-2-3-7-13(12)17(19)21/h2-9H,10-11H2,1H3. The molecule has 0 aliphatic carbocycles. The summed E-state index contributed by atoms with van der Waals surface area (Å²) in [6.45, 7) is 0.182. The van der Waals surface area contributed by atoms with E-state index in [1.54, 1.807) is 48.5 Å². The lowest BCUT2D eigenvalue weighted by atomic mass is 10.1. The van der Waals surface area contributed by atoms with Gasteiger partial charge in [0.1, 0.15) is 17.9 Å². The minimum absolute atomic E-state index is 0.0828. The lowest BCUT2D eigenvalue weighted by Crippen LogP contribution is -2.33. The van der Waals surface area contributed by atoms with Gasteiger partial charge in [-0.15, -0.1) is 0 Å². The molecule has 0 bridgehead atoms. The number of carbonyl (C=O) groups excluding carboxylic acids is 3. The molecule has 1 aliphatic rings. The molecule has 0 aromatic heterocycles. The SMILES string of the molecule is COC(=O)c1ccccc1OCCN1C(=O)c2ccccc2C1=O. The van der Waals surface area contributed by atoms with Crippen molar-refractivity contribution in [2.45, 2.75) is 0 Å². The van der Waals surface area contributed by atoms with Crippen molar-refractivity contribution >= 4 is 17.8 Å². The maximum atomic E-state index is 12.2. The summed E-state index contributed by atoms with van der Waals surface area (Å²) in [6, 6.07) is 13.3. The zero-order chi connectivity index (χ0) is 17.1. The highest BCUT2D eigenvalue weighted by atomic mass is 16.5. The van der Waals surface area contributed by atoms with Crippen molar-refractivity contribution < 1.29 is 23.9 Å². The van der Waals surface area contributed by atoms with Gasteiger partial charge in [-0.3, -0.25) is 14.5 Å². The van der Waals surface area contributed by atoms with Crippen molar-refractivity contribution in [3.8, 4) is 5.75 Å². The number of carbonyl (C=O) groups is 3. The Labute approximate surface area is 138 Å². The van der Waals surface area contributed by atoms with Gasteiger partial charge in [0.25, 0.3) is 11.8 Å². The highest BCUT2D eigenvalue weighted by molar-refractivity contribution is 6.21. The molecule has 1 heterocycles. The second-order valence-electron chi connectivity index (χ2n) is 5.14. The molecular formula is C18H15NO5. The van der Waals surface area contributed by atoms with Gasteiger partial charge in [-0.05, 0) is 24.3 Å².